The van der Waals surface area contributed by atoms with Gasteiger partial charge in [-0.3, -0.25) is 0 Å². The van der Waals surface area contributed by atoms with Crippen molar-refractivity contribution in [3.8, 4) is 0 Å². The van der Waals surface area contributed by atoms with Crippen molar-refractivity contribution >= 4 is 43.1 Å². The Morgan fingerprint density at radius 3 is 2.86 bits per heavy atom. The summed E-state index contributed by atoms with van der Waals surface area (Å²) in [5.41, 5.74) is 0.417. The van der Waals surface area contributed by atoms with Crippen LogP contribution >= 0.6 is 22.9 Å². The molecule has 0 aliphatic rings. The smallest absolute Gasteiger partial charge is 0.211 e. The molecule has 2 heterocycles. The minimum absolute atomic E-state index is 0.0715. The number of fused-ring (bicyclic) bond motifs is 1. The Bertz CT molecular complexity index is 591. The molecule has 0 aliphatic carbocycles. The van der Waals surface area contributed by atoms with Crippen LogP contribution in [0.15, 0.2) is 16.6 Å². The lowest BCUT2D eigenvalue weighted by Crippen LogP contribution is -1.94. The number of aromatic nitrogens is 2. The Labute approximate surface area is 89.5 Å². The maximum atomic E-state index is 11.2. The highest BCUT2D eigenvalue weighted by Crippen LogP contribution is 2.25. The fraction of sp³-hybridized carbons (Fsp3) is 0.143. The van der Waals surface area contributed by atoms with E-state index >= 15 is 0 Å². The lowest BCUT2D eigenvalue weighted by molar-refractivity contribution is 0.601. The molecule has 2 rings (SSSR count). The molecule has 2 aromatic heterocycles. The first-order valence-electron chi connectivity index (χ1n) is 3.59. The number of thiazole rings is 1. The van der Waals surface area contributed by atoms with Crippen molar-refractivity contribution in [2.75, 3.05) is 6.26 Å². The van der Waals surface area contributed by atoms with Gasteiger partial charge in [0.15, 0.2) is 5.65 Å². The SMILES string of the molecule is CS(=O)(=O)c1nc2ncc(Cl)cc2s1. The summed E-state index contributed by atoms with van der Waals surface area (Å²) in [5.74, 6) is 0. The molecule has 0 aliphatic heterocycles. The standard InChI is InChI=1S/C7H5ClN2O2S2/c1-14(11,12)7-10-6-5(13-7)2-4(8)3-9-6/h2-3H,1H3. The molecular formula is C7H5ClN2O2S2. The fourth-order valence-corrected chi connectivity index (χ4v) is 2.98. The predicted octanol–water partition coefficient (Wildman–Crippen LogP) is 1.75. The van der Waals surface area contributed by atoms with Gasteiger partial charge in [0.1, 0.15) is 0 Å². The van der Waals surface area contributed by atoms with Gasteiger partial charge in [0.05, 0.1) is 9.72 Å². The van der Waals surface area contributed by atoms with Crippen LogP contribution in [0.5, 0.6) is 0 Å². The van der Waals surface area contributed by atoms with Gasteiger partial charge in [0.25, 0.3) is 0 Å². The van der Waals surface area contributed by atoms with E-state index in [2.05, 4.69) is 9.97 Å². The predicted molar refractivity (Wildman–Crippen MR) is 55.5 cm³/mol. The first-order valence-corrected chi connectivity index (χ1v) is 6.67. The Kier molecular flexibility index (Phi) is 2.21. The molecule has 2 aromatic rings. The quantitative estimate of drug-likeness (QED) is 0.772. The van der Waals surface area contributed by atoms with E-state index in [-0.39, 0.29) is 4.34 Å². The highest BCUT2D eigenvalue weighted by Gasteiger charge is 2.14. The summed E-state index contributed by atoms with van der Waals surface area (Å²) in [7, 11) is -3.25. The zero-order chi connectivity index (χ0) is 10.3. The minimum Gasteiger partial charge on any atom is -0.234 e. The highest BCUT2D eigenvalue weighted by atomic mass is 35.5. The van der Waals surface area contributed by atoms with E-state index in [9.17, 15) is 8.42 Å². The Balaban J connectivity index is 2.75. The van der Waals surface area contributed by atoms with E-state index in [4.69, 9.17) is 11.6 Å². The van der Waals surface area contributed by atoms with E-state index in [1.54, 1.807) is 6.07 Å². The second kappa shape index (κ2) is 3.15. The Morgan fingerprint density at radius 2 is 2.21 bits per heavy atom. The number of halogens is 1. The molecule has 0 amide bonds. The molecule has 4 nitrogen and oxygen atoms in total. The zero-order valence-electron chi connectivity index (χ0n) is 7.06. The van der Waals surface area contributed by atoms with E-state index in [1.807, 2.05) is 0 Å². The van der Waals surface area contributed by atoms with Crippen molar-refractivity contribution in [2.24, 2.45) is 0 Å². The number of nitrogens with zero attached hydrogens (tertiary/aromatic N) is 2. The number of hydrogen-bond acceptors (Lipinski definition) is 5. The first kappa shape index (κ1) is 9.82. The van der Waals surface area contributed by atoms with Crippen LogP contribution in [0.3, 0.4) is 0 Å². The molecule has 7 heteroatoms. The summed E-state index contributed by atoms with van der Waals surface area (Å²) < 4.78 is 23.1. The van der Waals surface area contributed by atoms with Gasteiger partial charge in [0, 0.05) is 12.5 Å². The number of rotatable bonds is 1. The normalized spacial score (nSPS) is 12.1. The summed E-state index contributed by atoms with van der Waals surface area (Å²) >= 11 is 6.78. The monoisotopic (exact) mass is 248 g/mol. The van der Waals surface area contributed by atoms with Gasteiger partial charge in [-0.05, 0) is 6.07 Å². The summed E-state index contributed by atoms with van der Waals surface area (Å²) in [6.45, 7) is 0. The van der Waals surface area contributed by atoms with Crippen LogP contribution in [0.2, 0.25) is 5.02 Å². The van der Waals surface area contributed by atoms with Gasteiger partial charge in [0.2, 0.25) is 14.2 Å². The van der Waals surface area contributed by atoms with Gasteiger partial charge in [-0.25, -0.2) is 18.4 Å². The van der Waals surface area contributed by atoms with Crippen molar-refractivity contribution in [1.29, 1.82) is 0 Å². The van der Waals surface area contributed by atoms with Crippen molar-refractivity contribution in [3.63, 3.8) is 0 Å². The van der Waals surface area contributed by atoms with E-state index in [0.717, 1.165) is 17.6 Å². The van der Waals surface area contributed by atoms with Crippen LogP contribution < -0.4 is 0 Å². The largest absolute Gasteiger partial charge is 0.234 e. The van der Waals surface area contributed by atoms with Crippen molar-refractivity contribution in [3.05, 3.63) is 17.3 Å². The number of sulfone groups is 1. The number of hydrogen-bond donors (Lipinski definition) is 0. The van der Waals surface area contributed by atoms with Crippen LogP contribution in [0.1, 0.15) is 0 Å². The molecule has 0 bridgehead atoms. The van der Waals surface area contributed by atoms with Gasteiger partial charge in [-0.15, -0.1) is 11.3 Å². The molecular weight excluding hydrogens is 244 g/mol. The average molecular weight is 249 g/mol. The summed E-state index contributed by atoms with van der Waals surface area (Å²) in [6, 6.07) is 1.65. The third-order valence-electron chi connectivity index (χ3n) is 1.51. The zero-order valence-corrected chi connectivity index (χ0v) is 9.45. The second-order valence-electron chi connectivity index (χ2n) is 2.73. The highest BCUT2D eigenvalue weighted by molar-refractivity contribution is 7.92. The lowest BCUT2D eigenvalue weighted by atomic mass is 10.5. The molecule has 0 saturated heterocycles. The average Bonchev–Trinajstić information content (AvgIpc) is 2.45. The van der Waals surface area contributed by atoms with E-state index in [0.29, 0.717) is 15.4 Å². The Hall–Kier alpha value is -0.720. The van der Waals surface area contributed by atoms with Gasteiger partial charge in [-0.1, -0.05) is 11.6 Å². The van der Waals surface area contributed by atoms with Crippen molar-refractivity contribution < 1.29 is 8.42 Å². The van der Waals surface area contributed by atoms with Crippen LogP contribution in [0, 0.1) is 0 Å². The maximum Gasteiger partial charge on any atom is 0.211 e. The van der Waals surface area contributed by atoms with E-state index < -0.39 is 9.84 Å². The van der Waals surface area contributed by atoms with Crippen molar-refractivity contribution in [2.45, 2.75) is 4.34 Å². The molecule has 0 unspecified atom stereocenters. The van der Waals surface area contributed by atoms with Gasteiger partial charge < -0.3 is 0 Å². The van der Waals surface area contributed by atoms with Crippen LogP contribution in [-0.2, 0) is 9.84 Å². The number of pyridine rings is 1. The van der Waals surface area contributed by atoms with Crippen LogP contribution in [0.25, 0.3) is 10.3 Å². The maximum absolute atomic E-state index is 11.2. The van der Waals surface area contributed by atoms with Gasteiger partial charge in [-0.2, -0.15) is 0 Å². The molecule has 0 spiro atoms. The summed E-state index contributed by atoms with van der Waals surface area (Å²) in [6.07, 6.45) is 2.56. The third-order valence-corrected chi connectivity index (χ3v) is 4.39. The Morgan fingerprint density at radius 1 is 1.50 bits per heavy atom. The molecule has 14 heavy (non-hydrogen) atoms. The first-order chi connectivity index (χ1) is 6.47. The molecule has 0 radical (unpaired) electrons. The molecule has 0 atom stereocenters. The summed E-state index contributed by atoms with van der Waals surface area (Å²) in [5, 5.41) is 0.473. The third kappa shape index (κ3) is 1.73. The fourth-order valence-electron chi connectivity index (χ4n) is 0.935. The molecule has 0 fully saturated rings. The molecule has 0 N–H and O–H groups in total. The molecule has 0 saturated carbocycles. The molecule has 74 valence electrons. The van der Waals surface area contributed by atoms with E-state index in [1.165, 1.54) is 6.20 Å². The lowest BCUT2D eigenvalue weighted by Gasteiger charge is -1.85. The second-order valence-corrected chi connectivity index (χ2v) is 6.38. The van der Waals surface area contributed by atoms with Crippen LogP contribution in [0.4, 0.5) is 0 Å². The van der Waals surface area contributed by atoms with Crippen molar-refractivity contribution in [1.82, 2.24) is 9.97 Å². The molecule has 0 aromatic carbocycles. The van der Waals surface area contributed by atoms with Crippen LogP contribution in [-0.4, -0.2) is 24.6 Å². The summed E-state index contributed by atoms with van der Waals surface area (Å²) in [4.78, 5) is 7.80. The van der Waals surface area contributed by atoms with Gasteiger partial charge >= 0.3 is 0 Å². The topological polar surface area (TPSA) is 59.9 Å². The minimum atomic E-state index is -3.25.